The van der Waals surface area contributed by atoms with E-state index < -0.39 is 0 Å². The second-order valence-corrected chi connectivity index (χ2v) is 3.86. The van der Waals surface area contributed by atoms with Crippen LogP contribution in [0.1, 0.15) is 15.3 Å². The third-order valence-electron chi connectivity index (χ3n) is 1.66. The van der Waals surface area contributed by atoms with E-state index >= 15 is 0 Å². The van der Waals surface area contributed by atoms with Gasteiger partial charge in [0.1, 0.15) is 0 Å². The standard InChI is InChI=1S/C8H9NS/c1-6-4-7-5-9-3-2-8(7)10-6/h4-5H,2-3H2,1H3. The molecule has 0 aromatic carbocycles. The highest BCUT2D eigenvalue weighted by Gasteiger charge is 2.07. The lowest BCUT2D eigenvalue weighted by molar-refractivity contribution is 0.974. The molecule has 0 spiro atoms. The Morgan fingerprint density at radius 3 is 3.30 bits per heavy atom. The van der Waals surface area contributed by atoms with E-state index in [2.05, 4.69) is 18.0 Å². The van der Waals surface area contributed by atoms with Crippen molar-refractivity contribution in [2.45, 2.75) is 13.3 Å². The van der Waals surface area contributed by atoms with Gasteiger partial charge in [-0.15, -0.1) is 11.3 Å². The fourth-order valence-electron chi connectivity index (χ4n) is 1.22. The average Bonchev–Trinajstić information content (AvgIpc) is 2.27. The third-order valence-corrected chi connectivity index (χ3v) is 2.79. The molecule has 0 saturated carbocycles. The van der Waals surface area contributed by atoms with E-state index in [1.807, 2.05) is 17.6 Å². The summed E-state index contributed by atoms with van der Waals surface area (Å²) in [6.45, 7) is 3.13. The topological polar surface area (TPSA) is 12.4 Å². The van der Waals surface area contributed by atoms with E-state index in [4.69, 9.17) is 0 Å². The van der Waals surface area contributed by atoms with Gasteiger partial charge in [-0.2, -0.15) is 0 Å². The van der Waals surface area contributed by atoms with E-state index in [0.717, 1.165) is 13.0 Å². The second-order valence-electron chi connectivity index (χ2n) is 2.52. The molecule has 0 radical (unpaired) electrons. The van der Waals surface area contributed by atoms with Crippen molar-refractivity contribution in [1.29, 1.82) is 0 Å². The van der Waals surface area contributed by atoms with Crippen LogP contribution in [0.15, 0.2) is 11.1 Å². The first-order valence-electron chi connectivity index (χ1n) is 3.45. The van der Waals surface area contributed by atoms with Crippen molar-refractivity contribution in [1.82, 2.24) is 0 Å². The molecule has 1 aliphatic rings. The maximum Gasteiger partial charge on any atom is 0.0438 e. The normalized spacial score (nSPS) is 15.3. The first kappa shape index (κ1) is 6.10. The summed E-state index contributed by atoms with van der Waals surface area (Å²) in [5.41, 5.74) is 1.34. The van der Waals surface area contributed by atoms with Crippen LogP contribution in [0.25, 0.3) is 0 Å². The number of aliphatic imine (C=N–C) groups is 1. The molecule has 52 valence electrons. The predicted octanol–water partition coefficient (Wildman–Crippen LogP) is 2.03. The Bertz CT molecular complexity index is 273. The quantitative estimate of drug-likeness (QED) is 0.538. The largest absolute Gasteiger partial charge is 0.292 e. The number of aryl methyl sites for hydroxylation is 1. The van der Waals surface area contributed by atoms with E-state index in [1.165, 1.54) is 15.3 Å². The maximum absolute atomic E-state index is 4.21. The zero-order valence-corrected chi connectivity index (χ0v) is 6.74. The number of thiophene rings is 1. The predicted molar refractivity (Wildman–Crippen MR) is 45.2 cm³/mol. The van der Waals surface area contributed by atoms with Crippen molar-refractivity contribution in [2.24, 2.45) is 4.99 Å². The zero-order valence-electron chi connectivity index (χ0n) is 5.92. The van der Waals surface area contributed by atoms with Crippen LogP contribution >= 0.6 is 11.3 Å². The molecule has 2 rings (SSSR count). The molecule has 0 saturated heterocycles. The van der Waals surface area contributed by atoms with Gasteiger partial charge in [0, 0.05) is 34.5 Å². The van der Waals surface area contributed by atoms with Crippen LogP contribution in [0, 0.1) is 6.92 Å². The lowest BCUT2D eigenvalue weighted by Gasteiger charge is -2.00. The monoisotopic (exact) mass is 151 g/mol. The molecule has 2 heteroatoms. The summed E-state index contributed by atoms with van der Waals surface area (Å²) in [7, 11) is 0. The molecular formula is C8H9NS. The van der Waals surface area contributed by atoms with Gasteiger partial charge < -0.3 is 0 Å². The number of fused-ring (bicyclic) bond motifs is 1. The van der Waals surface area contributed by atoms with Crippen LogP contribution < -0.4 is 0 Å². The molecule has 2 heterocycles. The molecule has 0 bridgehead atoms. The summed E-state index contributed by atoms with van der Waals surface area (Å²) in [5, 5.41) is 0. The van der Waals surface area contributed by atoms with Gasteiger partial charge in [-0.3, -0.25) is 4.99 Å². The van der Waals surface area contributed by atoms with Gasteiger partial charge in [0.25, 0.3) is 0 Å². The minimum Gasteiger partial charge on any atom is -0.292 e. The van der Waals surface area contributed by atoms with Crippen molar-refractivity contribution in [3.8, 4) is 0 Å². The van der Waals surface area contributed by atoms with Crippen molar-refractivity contribution in [2.75, 3.05) is 6.54 Å². The van der Waals surface area contributed by atoms with Crippen LogP contribution in [0.2, 0.25) is 0 Å². The average molecular weight is 151 g/mol. The lowest BCUT2D eigenvalue weighted by atomic mass is 10.2. The van der Waals surface area contributed by atoms with Gasteiger partial charge in [0.05, 0.1) is 0 Å². The molecule has 1 nitrogen and oxygen atoms in total. The molecule has 1 aliphatic heterocycles. The molecule has 0 fully saturated rings. The third kappa shape index (κ3) is 0.886. The summed E-state index contributed by atoms with van der Waals surface area (Å²) < 4.78 is 0. The molecule has 1 aromatic rings. The molecule has 0 amide bonds. The molecular weight excluding hydrogens is 142 g/mol. The van der Waals surface area contributed by atoms with Crippen molar-refractivity contribution in [3.05, 3.63) is 21.4 Å². The summed E-state index contributed by atoms with van der Waals surface area (Å²) in [6.07, 6.45) is 3.13. The van der Waals surface area contributed by atoms with Gasteiger partial charge in [-0.25, -0.2) is 0 Å². The minimum atomic E-state index is 0.979. The van der Waals surface area contributed by atoms with Gasteiger partial charge >= 0.3 is 0 Å². The Kier molecular flexibility index (Phi) is 1.34. The number of nitrogens with zero attached hydrogens (tertiary/aromatic N) is 1. The van der Waals surface area contributed by atoms with Crippen LogP contribution in [-0.2, 0) is 6.42 Å². The van der Waals surface area contributed by atoms with E-state index in [0.29, 0.717) is 0 Å². The Hall–Kier alpha value is -0.630. The SMILES string of the molecule is Cc1cc2c(s1)CCN=C2. The molecule has 0 N–H and O–H groups in total. The highest BCUT2D eigenvalue weighted by atomic mass is 32.1. The maximum atomic E-state index is 4.21. The smallest absolute Gasteiger partial charge is 0.0438 e. The van der Waals surface area contributed by atoms with Crippen LogP contribution in [0.5, 0.6) is 0 Å². The van der Waals surface area contributed by atoms with E-state index in [1.54, 1.807) is 0 Å². The first-order valence-corrected chi connectivity index (χ1v) is 4.27. The molecule has 1 aromatic heterocycles. The fraction of sp³-hybridized carbons (Fsp3) is 0.375. The Morgan fingerprint density at radius 1 is 1.60 bits per heavy atom. The number of rotatable bonds is 0. The van der Waals surface area contributed by atoms with Gasteiger partial charge in [0.15, 0.2) is 0 Å². The highest BCUT2D eigenvalue weighted by Crippen LogP contribution is 2.22. The van der Waals surface area contributed by atoms with Crippen LogP contribution in [0.4, 0.5) is 0 Å². The zero-order chi connectivity index (χ0) is 6.97. The first-order chi connectivity index (χ1) is 4.86. The lowest BCUT2D eigenvalue weighted by Crippen LogP contribution is -1.97. The van der Waals surface area contributed by atoms with Crippen molar-refractivity contribution in [3.63, 3.8) is 0 Å². The Balaban J connectivity index is 2.53. The van der Waals surface area contributed by atoms with E-state index in [-0.39, 0.29) is 0 Å². The van der Waals surface area contributed by atoms with Gasteiger partial charge in [0.2, 0.25) is 0 Å². The molecule has 0 unspecified atom stereocenters. The van der Waals surface area contributed by atoms with Gasteiger partial charge in [-0.05, 0) is 13.0 Å². The Morgan fingerprint density at radius 2 is 2.50 bits per heavy atom. The summed E-state index contributed by atoms with van der Waals surface area (Å²) in [6, 6.07) is 2.21. The number of hydrogen-bond acceptors (Lipinski definition) is 2. The summed E-state index contributed by atoms with van der Waals surface area (Å²) >= 11 is 1.90. The fourth-order valence-corrected chi connectivity index (χ4v) is 2.21. The highest BCUT2D eigenvalue weighted by molar-refractivity contribution is 7.12. The summed E-state index contributed by atoms with van der Waals surface area (Å²) in [4.78, 5) is 7.12. The summed E-state index contributed by atoms with van der Waals surface area (Å²) in [5.74, 6) is 0. The minimum absolute atomic E-state index is 0.979. The van der Waals surface area contributed by atoms with E-state index in [9.17, 15) is 0 Å². The number of hydrogen-bond donors (Lipinski definition) is 0. The van der Waals surface area contributed by atoms with Crippen molar-refractivity contribution >= 4 is 17.6 Å². The van der Waals surface area contributed by atoms with Crippen LogP contribution in [-0.4, -0.2) is 12.8 Å². The molecule has 0 aliphatic carbocycles. The van der Waals surface area contributed by atoms with Crippen LogP contribution in [0.3, 0.4) is 0 Å². The molecule has 10 heavy (non-hydrogen) atoms. The van der Waals surface area contributed by atoms with Gasteiger partial charge in [-0.1, -0.05) is 0 Å². The second kappa shape index (κ2) is 2.20. The van der Waals surface area contributed by atoms with Crippen molar-refractivity contribution < 1.29 is 0 Å². The Labute approximate surface area is 64.4 Å². The molecule has 0 atom stereocenters.